The number of hydrogen-bond donors (Lipinski definition) is 1. The third kappa shape index (κ3) is 2.71. The van der Waals surface area contributed by atoms with Gasteiger partial charge in [0, 0.05) is 37.6 Å². The summed E-state index contributed by atoms with van der Waals surface area (Å²) in [6.45, 7) is 2.67. The summed E-state index contributed by atoms with van der Waals surface area (Å²) in [7, 11) is 1.56. The number of benzene rings is 1. The average Bonchev–Trinajstić information content (AvgIpc) is 2.97. The first-order valence-corrected chi connectivity index (χ1v) is 8.32. The molecule has 1 aliphatic heterocycles. The summed E-state index contributed by atoms with van der Waals surface area (Å²) < 4.78 is 3.31. The molecule has 0 unspecified atom stereocenters. The molecule has 1 aliphatic rings. The minimum atomic E-state index is -0.253. The maximum absolute atomic E-state index is 12.8. The molecular weight excluding hydrogens is 318 g/mol. The molecule has 0 fully saturated rings. The Kier molecular flexibility index (Phi) is 3.63. The first-order valence-electron chi connectivity index (χ1n) is 8.32. The SMILES string of the molecule is Cc1cn2c(n1)CC[C@@H](NC(=O)c1nn(C)c(=O)c3ccccc13)C2. The first kappa shape index (κ1) is 15.6. The second-order valence-electron chi connectivity index (χ2n) is 6.48. The fourth-order valence-corrected chi connectivity index (χ4v) is 3.43. The number of carbonyl (C=O) groups is 1. The van der Waals surface area contributed by atoms with Crippen LogP contribution in [-0.2, 0) is 20.0 Å². The van der Waals surface area contributed by atoms with E-state index in [9.17, 15) is 9.59 Å². The molecule has 0 saturated heterocycles. The van der Waals surface area contributed by atoms with Gasteiger partial charge in [0.25, 0.3) is 11.5 Å². The average molecular weight is 337 g/mol. The number of aryl methyl sites for hydroxylation is 3. The van der Waals surface area contributed by atoms with Crippen molar-refractivity contribution >= 4 is 16.7 Å². The summed E-state index contributed by atoms with van der Waals surface area (Å²) in [5.74, 6) is 0.811. The van der Waals surface area contributed by atoms with Crippen LogP contribution in [0.15, 0.2) is 35.3 Å². The molecule has 7 heteroatoms. The van der Waals surface area contributed by atoms with Gasteiger partial charge in [-0.3, -0.25) is 9.59 Å². The molecule has 3 aromatic rings. The van der Waals surface area contributed by atoms with Crippen LogP contribution in [0.5, 0.6) is 0 Å². The maximum Gasteiger partial charge on any atom is 0.274 e. The third-order valence-corrected chi connectivity index (χ3v) is 4.62. The Hall–Kier alpha value is -2.96. The molecule has 3 heterocycles. The number of aromatic nitrogens is 4. The van der Waals surface area contributed by atoms with Crippen molar-refractivity contribution in [3.63, 3.8) is 0 Å². The van der Waals surface area contributed by atoms with Gasteiger partial charge in [-0.15, -0.1) is 0 Å². The lowest BCUT2D eigenvalue weighted by Crippen LogP contribution is -2.41. The minimum absolute atomic E-state index is 0.0198. The number of amides is 1. The van der Waals surface area contributed by atoms with Crippen LogP contribution in [0.1, 0.15) is 28.4 Å². The van der Waals surface area contributed by atoms with Crippen LogP contribution in [-0.4, -0.2) is 31.3 Å². The fraction of sp³-hybridized carbons (Fsp3) is 0.333. The monoisotopic (exact) mass is 337 g/mol. The van der Waals surface area contributed by atoms with E-state index in [2.05, 4.69) is 20.0 Å². The highest BCUT2D eigenvalue weighted by Gasteiger charge is 2.23. The molecule has 4 rings (SSSR count). The van der Waals surface area contributed by atoms with Gasteiger partial charge in [0.2, 0.25) is 0 Å². The van der Waals surface area contributed by atoms with Crippen LogP contribution >= 0.6 is 0 Å². The molecule has 1 atom stereocenters. The lowest BCUT2D eigenvalue weighted by atomic mass is 10.1. The number of nitrogens with zero attached hydrogens (tertiary/aromatic N) is 4. The Morgan fingerprint density at radius 1 is 1.28 bits per heavy atom. The van der Waals surface area contributed by atoms with Gasteiger partial charge in [-0.25, -0.2) is 9.67 Å². The van der Waals surface area contributed by atoms with E-state index >= 15 is 0 Å². The van der Waals surface area contributed by atoms with Gasteiger partial charge < -0.3 is 9.88 Å². The van der Waals surface area contributed by atoms with Crippen LogP contribution in [0.25, 0.3) is 10.8 Å². The number of rotatable bonds is 2. The predicted octanol–water partition coefficient (Wildman–Crippen LogP) is 1.18. The summed E-state index contributed by atoms with van der Waals surface area (Å²) in [4.78, 5) is 29.5. The van der Waals surface area contributed by atoms with E-state index in [1.165, 1.54) is 4.68 Å². The molecule has 0 radical (unpaired) electrons. The van der Waals surface area contributed by atoms with E-state index in [1.807, 2.05) is 13.1 Å². The van der Waals surface area contributed by atoms with Crippen molar-refractivity contribution in [1.29, 1.82) is 0 Å². The number of carbonyl (C=O) groups excluding carboxylic acids is 1. The molecule has 0 bridgehead atoms. The normalized spacial score (nSPS) is 16.6. The van der Waals surface area contributed by atoms with Crippen LogP contribution in [0.2, 0.25) is 0 Å². The molecule has 0 saturated carbocycles. The van der Waals surface area contributed by atoms with Gasteiger partial charge in [-0.05, 0) is 19.4 Å². The zero-order valence-electron chi connectivity index (χ0n) is 14.2. The summed E-state index contributed by atoms with van der Waals surface area (Å²) >= 11 is 0. The van der Waals surface area contributed by atoms with Gasteiger partial charge >= 0.3 is 0 Å². The van der Waals surface area contributed by atoms with Crippen molar-refractivity contribution in [1.82, 2.24) is 24.6 Å². The Bertz CT molecular complexity index is 1030. The van der Waals surface area contributed by atoms with E-state index in [4.69, 9.17) is 0 Å². The van der Waals surface area contributed by atoms with E-state index < -0.39 is 0 Å². The largest absolute Gasteiger partial charge is 0.346 e. The minimum Gasteiger partial charge on any atom is -0.346 e. The van der Waals surface area contributed by atoms with Gasteiger partial charge in [-0.2, -0.15) is 5.10 Å². The van der Waals surface area contributed by atoms with Crippen molar-refractivity contribution in [2.75, 3.05) is 0 Å². The van der Waals surface area contributed by atoms with Gasteiger partial charge in [0.1, 0.15) is 5.82 Å². The molecule has 1 aromatic carbocycles. The Labute approximate surface area is 144 Å². The lowest BCUT2D eigenvalue weighted by molar-refractivity contribution is 0.0922. The molecule has 0 aliphatic carbocycles. The predicted molar refractivity (Wildman–Crippen MR) is 93.5 cm³/mol. The first-order chi connectivity index (χ1) is 12.0. The number of nitrogens with one attached hydrogen (secondary N) is 1. The summed E-state index contributed by atoms with van der Waals surface area (Å²) in [5, 5.41) is 8.33. The second-order valence-corrected chi connectivity index (χ2v) is 6.48. The van der Waals surface area contributed by atoms with E-state index in [1.54, 1.807) is 31.3 Å². The Balaban J connectivity index is 1.63. The molecule has 2 aromatic heterocycles. The molecule has 1 N–H and O–H groups in total. The van der Waals surface area contributed by atoms with Gasteiger partial charge in [-0.1, -0.05) is 18.2 Å². The Morgan fingerprint density at radius 2 is 2.04 bits per heavy atom. The maximum atomic E-state index is 12.8. The van der Waals surface area contributed by atoms with E-state index in [0.717, 1.165) is 24.4 Å². The van der Waals surface area contributed by atoms with Crippen molar-refractivity contribution in [3.05, 3.63) is 58.0 Å². The second kappa shape index (κ2) is 5.84. The van der Waals surface area contributed by atoms with Crippen LogP contribution in [0, 0.1) is 6.92 Å². The van der Waals surface area contributed by atoms with E-state index in [-0.39, 0.29) is 23.2 Å². The van der Waals surface area contributed by atoms with Gasteiger partial charge in [0.05, 0.1) is 11.1 Å². The third-order valence-electron chi connectivity index (χ3n) is 4.62. The highest BCUT2D eigenvalue weighted by molar-refractivity contribution is 6.04. The van der Waals surface area contributed by atoms with Gasteiger partial charge in [0.15, 0.2) is 5.69 Å². The van der Waals surface area contributed by atoms with Crippen LogP contribution in [0.3, 0.4) is 0 Å². The summed E-state index contributed by atoms with van der Waals surface area (Å²) in [5.41, 5.74) is 1.07. The van der Waals surface area contributed by atoms with Crippen molar-refractivity contribution in [2.45, 2.75) is 32.4 Å². The molecule has 1 amide bonds. The zero-order chi connectivity index (χ0) is 17.6. The molecule has 0 spiro atoms. The number of hydrogen-bond acceptors (Lipinski definition) is 4. The fourth-order valence-electron chi connectivity index (χ4n) is 3.43. The zero-order valence-corrected chi connectivity index (χ0v) is 14.2. The van der Waals surface area contributed by atoms with Crippen molar-refractivity contribution in [2.24, 2.45) is 7.05 Å². The smallest absolute Gasteiger partial charge is 0.274 e. The van der Waals surface area contributed by atoms with Crippen molar-refractivity contribution < 1.29 is 4.79 Å². The van der Waals surface area contributed by atoms with Crippen LogP contribution < -0.4 is 10.9 Å². The molecular formula is C18H19N5O2. The van der Waals surface area contributed by atoms with Crippen LogP contribution in [0.4, 0.5) is 0 Å². The summed E-state index contributed by atoms with van der Waals surface area (Å²) in [6, 6.07) is 7.09. The van der Waals surface area contributed by atoms with E-state index in [0.29, 0.717) is 17.3 Å². The molecule has 128 valence electrons. The standard InChI is InChI=1S/C18H19N5O2/c1-11-9-23-10-12(7-8-15(23)19-11)20-17(24)16-13-5-3-4-6-14(13)18(25)22(2)21-16/h3-6,9,12H,7-8,10H2,1-2H3,(H,20,24)/t12-/m1/s1. The Morgan fingerprint density at radius 3 is 2.84 bits per heavy atom. The topological polar surface area (TPSA) is 81.8 Å². The molecule has 7 nitrogen and oxygen atoms in total. The highest BCUT2D eigenvalue weighted by Crippen LogP contribution is 2.17. The number of imidazole rings is 1. The number of fused-ring (bicyclic) bond motifs is 2. The quantitative estimate of drug-likeness (QED) is 0.761. The molecule has 25 heavy (non-hydrogen) atoms. The highest BCUT2D eigenvalue weighted by atomic mass is 16.2. The summed E-state index contributed by atoms with van der Waals surface area (Å²) in [6.07, 6.45) is 3.68. The van der Waals surface area contributed by atoms with Crippen molar-refractivity contribution in [3.8, 4) is 0 Å². The lowest BCUT2D eigenvalue weighted by Gasteiger charge is -2.24.